The summed E-state index contributed by atoms with van der Waals surface area (Å²) in [6.45, 7) is 6.28. The highest BCUT2D eigenvalue weighted by molar-refractivity contribution is 9.10. The minimum Gasteiger partial charge on any atom is -0.308 e. The lowest BCUT2D eigenvalue weighted by molar-refractivity contribution is 0.213. The second kappa shape index (κ2) is 6.69. The van der Waals surface area contributed by atoms with E-state index in [-0.39, 0.29) is 5.66 Å². The molecule has 0 aliphatic carbocycles. The Hall–Kier alpha value is -0.150. The maximum absolute atomic E-state index is 12.5. The molecule has 0 aliphatic rings. The summed E-state index contributed by atoms with van der Waals surface area (Å²) in [6, 6.07) is 7.71. The Balaban J connectivity index is 2.95. The van der Waals surface area contributed by atoms with Gasteiger partial charge in [-0.1, -0.05) is 28.1 Å². The molecule has 17 heavy (non-hydrogen) atoms. The quantitative estimate of drug-likeness (QED) is 0.708. The van der Waals surface area contributed by atoms with Gasteiger partial charge in [0.1, 0.15) is 0 Å². The van der Waals surface area contributed by atoms with Crippen molar-refractivity contribution in [2.24, 2.45) is 0 Å². The maximum atomic E-state index is 12.5. The normalized spacial score (nSPS) is 13.6. The molecule has 0 aromatic heterocycles. The Labute approximate surface area is 111 Å². The van der Waals surface area contributed by atoms with E-state index in [1.54, 1.807) is 0 Å². The number of hydrogen-bond donors (Lipinski definition) is 0. The van der Waals surface area contributed by atoms with Crippen LogP contribution in [-0.4, -0.2) is 13.2 Å². The van der Waals surface area contributed by atoms with Crippen molar-refractivity contribution in [1.29, 1.82) is 0 Å². The molecule has 1 aromatic rings. The monoisotopic (exact) mass is 320 g/mol. The second-order valence-electron chi connectivity index (χ2n) is 3.60. The van der Waals surface area contributed by atoms with Crippen LogP contribution < -0.4 is 0 Å². The second-order valence-corrected chi connectivity index (χ2v) is 6.89. The van der Waals surface area contributed by atoms with Gasteiger partial charge in [0, 0.05) is 4.47 Å². The van der Waals surface area contributed by atoms with E-state index in [1.165, 1.54) is 0 Å². The molecule has 1 atom stereocenters. The van der Waals surface area contributed by atoms with Gasteiger partial charge >= 0.3 is 7.60 Å². The zero-order valence-corrected chi connectivity index (χ0v) is 12.8. The maximum Gasteiger partial charge on any atom is 0.337 e. The van der Waals surface area contributed by atoms with Crippen molar-refractivity contribution in [2.75, 3.05) is 13.2 Å². The molecule has 0 aliphatic heterocycles. The molecule has 0 heterocycles. The van der Waals surface area contributed by atoms with Crippen LogP contribution in [0.25, 0.3) is 0 Å². The largest absolute Gasteiger partial charge is 0.337 e. The van der Waals surface area contributed by atoms with Crippen LogP contribution in [0.2, 0.25) is 0 Å². The summed E-state index contributed by atoms with van der Waals surface area (Å²) in [6.07, 6.45) is 0. The topological polar surface area (TPSA) is 35.5 Å². The van der Waals surface area contributed by atoms with Crippen LogP contribution in [0, 0.1) is 0 Å². The summed E-state index contributed by atoms with van der Waals surface area (Å²) < 4.78 is 24.2. The van der Waals surface area contributed by atoms with Crippen LogP contribution in [0.15, 0.2) is 28.7 Å². The molecule has 0 radical (unpaired) electrons. The molecule has 1 rings (SSSR count). The van der Waals surface area contributed by atoms with Gasteiger partial charge in [-0.05, 0) is 38.5 Å². The highest BCUT2D eigenvalue weighted by atomic mass is 79.9. The van der Waals surface area contributed by atoms with E-state index in [9.17, 15) is 4.57 Å². The highest BCUT2D eigenvalue weighted by Gasteiger charge is 2.32. The first-order valence-corrected chi connectivity index (χ1v) is 8.08. The van der Waals surface area contributed by atoms with Crippen LogP contribution in [0.4, 0.5) is 0 Å². The van der Waals surface area contributed by atoms with Crippen molar-refractivity contribution in [3.8, 4) is 0 Å². The first-order chi connectivity index (χ1) is 8.03. The number of rotatable bonds is 6. The van der Waals surface area contributed by atoms with Gasteiger partial charge in [-0.2, -0.15) is 0 Å². The Morgan fingerprint density at radius 2 is 1.65 bits per heavy atom. The highest BCUT2D eigenvalue weighted by Crippen LogP contribution is 2.60. The van der Waals surface area contributed by atoms with Crippen molar-refractivity contribution in [3.63, 3.8) is 0 Å². The van der Waals surface area contributed by atoms with Crippen LogP contribution >= 0.6 is 23.5 Å². The molecule has 0 bridgehead atoms. The lowest BCUT2D eigenvalue weighted by atomic mass is 10.2. The first-order valence-electron chi connectivity index (χ1n) is 5.67. The average molecular weight is 321 g/mol. The van der Waals surface area contributed by atoms with Gasteiger partial charge in [-0.3, -0.25) is 4.57 Å². The minimum absolute atomic E-state index is 0.254. The zero-order valence-electron chi connectivity index (χ0n) is 10.4. The van der Waals surface area contributed by atoms with E-state index in [0.29, 0.717) is 13.2 Å². The van der Waals surface area contributed by atoms with E-state index in [2.05, 4.69) is 15.9 Å². The van der Waals surface area contributed by atoms with Gasteiger partial charge < -0.3 is 9.05 Å². The molecule has 0 amide bonds. The fraction of sp³-hybridized carbons (Fsp3) is 0.500. The van der Waals surface area contributed by atoms with E-state index in [1.807, 2.05) is 45.0 Å². The lowest BCUT2D eigenvalue weighted by Gasteiger charge is -2.23. The molecule has 96 valence electrons. The summed E-state index contributed by atoms with van der Waals surface area (Å²) in [7, 11) is -3.06. The summed E-state index contributed by atoms with van der Waals surface area (Å²) in [5.74, 6) is 0. The fourth-order valence-corrected chi connectivity index (χ4v) is 3.59. The molecule has 5 heteroatoms. The average Bonchev–Trinajstić information content (AvgIpc) is 2.30. The summed E-state index contributed by atoms with van der Waals surface area (Å²) in [5.41, 5.74) is 0.703. The van der Waals surface area contributed by atoms with E-state index < -0.39 is 7.60 Å². The Morgan fingerprint density at radius 3 is 2.06 bits per heavy atom. The summed E-state index contributed by atoms with van der Waals surface area (Å²) >= 11 is 3.37. The summed E-state index contributed by atoms with van der Waals surface area (Å²) in [5, 5.41) is 0. The SMILES string of the molecule is CCOP(=O)(OCC)[C@@H](C)c1ccc(Br)cc1. The fourth-order valence-electron chi connectivity index (χ4n) is 1.54. The van der Waals surface area contributed by atoms with Crippen molar-refractivity contribution >= 4 is 23.5 Å². The Kier molecular flexibility index (Phi) is 5.87. The van der Waals surface area contributed by atoms with Gasteiger partial charge in [0.25, 0.3) is 0 Å². The van der Waals surface area contributed by atoms with Gasteiger partial charge in [0.15, 0.2) is 0 Å². The van der Waals surface area contributed by atoms with E-state index >= 15 is 0 Å². The molecular weight excluding hydrogens is 303 g/mol. The third-order valence-electron chi connectivity index (χ3n) is 2.44. The molecule has 0 saturated heterocycles. The van der Waals surface area contributed by atoms with Crippen LogP contribution in [0.5, 0.6) is 0 Å². The number of hydrogen-bond acceptors (Lipinski definition) is 3. The Morgan fingerprint density at radius 1 is 1.18 bits per heavy atom. The molecule has 0 unspecified atom stereocenters. The molecule has 0 fully saturated rings. The van der Waals surface area contributed by atoms with Crippen molar-refractivity contribution in [1.82, 2.24) is 0 Å². The van der Waals surface area contributed by atoms with E-state index in [4.69, 9.17) is 9.05 Å². The van der Waals surface area contributed by atoms with Gasteiger partial charge in [0.05, 0.1) is 18.9 Å². The van der Waals surface area contributed by atoms with Crippen LogP contribution in [0.1, 0.15) is 32.0 Å². The van der Waals surface area contributed by atoms with E-state index in [0.717, 1.165) is 10.0 Å². The van der Waals surface area contributed by atoms with Crippen LogP contribution in [0.3, 0.4) is 0 Å². The summed E-state index contributed by atoms with van der Waals surface area (Å²) in [4.78, 5) is 0. The molecule has 0 saturated carbocycles. The number of halogens is 1. The molecule has 1 aromatic carbocycles. The van der Waals surface area contributed by atoms with Crippen molar-refractivity contribution < 1.29 is 13.6 Å². The number of benzene rings is 1. The van der Waals surface area contributed by atoms with Crippen LogP contribution in [-0.2, 0) is 13.6 Å². The van der Waals surface area contributed by atoms with Crippen molar-refractivity contribution in [2.45, 2.75) is 26.4 Å². The molecule has 0 N–H and O–H groups in total. The van der Waals surface area contributed by atoms with Gasteiger partial charge in [-0.15, -0.1) is 0 Å². The molecule has 3 nitrogen and oxygen atoms in total. The van der Waals surface area contributed by atoms with Gasteiger partial charge in [-0.25, -0.2) is 0 Å². The van der Waals surface area contributed by atoms with Crippen molar-refractivity contribution in [3.05, 3.63) is 34.3 Å². The van der Waals surface area contributed by atoms with Gasteiger partial charge in [0.2, 0.25) is 0 Å². The zero-order chi connectivity index (χ0) is 12.9. The molecular formula is C12H18BrO3P. The molecule has 0 spiro atoms. The smallest absolute Gasteiger partial charge is 0.308 e. The predicted octanol–water partition coefficient (Wildman–Crippen LogP) is 4.78. The Bertz CT molecular complexity index is 381. The standard InChI is InChI=1S/C12H18BrO3P/c1-4-15-17(14,16-5-2)10(3)11-6-8-12(13)9-7-11/h6-10H,4-5H2,1-3H3/t10-/m0/s1. The predicted molar refractivity (Wildman–Crippen MR) is 73.4 cm³/mol. The first kappa shape index (κ1) is 14.9. The third kappa shape index (κ3) is 3.92. The lowest BCUT2D eigenvalue weighted by Crippen LogP contribution is -2.03. The minimum atomic E-state index is -3.06. The third-order valence-corrected chi connectivity index (χ3v) is 5.46.